The fourth-order valence-corrected chi connectivity index (χ4v) is 2.82. The number of benzene rings is 2. The zero-order valence-corrected chi connectivity index (χ0v) is 14.3. The van der Waals surface area contributed by atoms with Crippen LogP contribution in [0.2, 0.25) is 5.02 Å². The third-order valence-corrected chi connectivity index (χ3v) is 4.16. The van der Waals surface area contributed by atoms with Gasteiger partial charge in [-0.05, 0) is 42.3 Å². The summed E-state index contributed by atoms with van der Waals surface area (Å²) in [5.74, 6) is -2.72. The molecule has 1 aliphatic heterocycles. The molecule has 0 saturated carbocycles. The molecule has 26 heavy (non-hydrogen) atoms. The van der Waals surface area contributed by atoms with Crippen molar-refractivity contribution < 1.29 is 23.1 Å². The first kappa shape index (κ1) is 18.1. The van der Waals surface area contributed by atoms with Crippen molar-refractivity contribution in [2.45, 2.75) is 6.42 Å². The highest BCUT2D eigenvalue weighted by Gasteiger charge is 2.26. The van der Waals surface area contributed by atoms with Gasteiger partial charge in [-0.25, -0.2) is 8.78 Å². The Labute approximate surface area is 153 Å². The molecule has 1 atom stereocenters. The van der Waals surface area contributed by atoms with Crippen LogP contribution in [0.3, 0.4) is 0 Å². The van der Waals surface area contributed by atoms with Crippen molar-refractivity contribution in [3.8, 4) is 5.75 Å². The molecule has 0 bridgehead atoms. The molecule has 5 nitrogen and oxygen atoms in total. The molecular weight excluding hydrogens is 366 g/mol. The number of anilines is 1. The molecule has 0 unspecified atom stereocenters. The Balaban J connectivity index is 1.52. The fourth-order valence-electron chi connectivity index (χ4n) is 2.62. The van der Waals surface area contributed by atoms with Gasteiger partial charge in [-0.1, -0.05) is 11.6 Å². The van der Waals surface area contributed by atoms with Gasteiger partial charge in [-0.15, -0.1) is 0 Å². The number of amides is 2. The van der Waals surface area contributed by atoms with Crippen molar-refractivity contribution in [1.82, 2.24) is 5.32 Å². The summed E-state index contributed by atoms with van der Waals surface area (Å²) in [5.41, 5.74) is 0.933. The number of halogens is 3. The highest BCUT2D eigenvalue weighted by molar-refractivity contribution is 6.30. The molecule has 1 aliphatic rings. The third kappa shape index (κ3) is 4.29. The van der Waals surface area contributed by atoms with E-state index in [0.717, 1.165) is 17.7 Å². The highest BCUT2D eigenvalue weighted by atomic mass is 35.5. The van der Waals surface area contributed by atoms with Crippen LogP contribution >= 0.6 is 11.6 Å². The van der Waals surface area contributed by atoms with Crippen LogP contribution in [0.25, 0.3) is 0 Å². The molecule has 0 aromatic heterocycles. The normalized spacial score (nSPS) is 15.6. The lowest BCUT2D eigenvalue weighted by atomic mass is 9.96. The maximum Gasteiger partial charge on any atom is 0.243 e. The second kappa shape index (κ2) is 7.70. The van der Waals surface area contributed by atoms with Crippen LogP contribution in [0.1, 0.15) is 5.56 Å². The van der Waals surface area contributed by atoms with E-state index in [-0.39, 0.29) is 24.7 Å². The summed E-state index contributed by atoms with van der Waals surface area (Å²) in [6.45, 7) is -0.0952. The van der Waals surface area contributed by atoms with E-state index in [1.807, 2.05) is 0 Å². The van der Waals surface area contributed by atoms with Crippen LogP contribution in [-0.2, 0) is 16.0 Å². The maximum absolute atomic E-state index is 13.1. The summed E-state index contributed by atoms with van der Waals surface area (Å²) in [6, 6.07) is 8.21. The summed E-state index contributed by atoms with van der Waals surface area (Å²) in [5, 5.41) is 5.45. The number of ether oxygens (including phenoxy) is 1. The molecule has 0 fully saturated rings. The summed E-state index contributed by atoms with van der Waals surface area (Å²) in [6.07, 6.45) is 0.451. The highest BCUT2D eigenvalue weighted by Crippen LogP contribution is 2.29. The molecule has 3 rings (SSSR count). The van der Waals surface area contributed by atoms with Crippen molar-refractivity contribution >= 4 is 29.1 Å². The summed E-state index contributed by atoms with van der Waals surface area (Å²) in [7, 11) is 0. The van der Waals surface area contributed by atoms with Crippen LogP contribution in [0.15, 0.2) is 36.4 Å². The lowest BCUT2D eigenvalue weighted by Gasteiger charge is -2.24. The van der Waals surface area contributed by atoms with E-state index in [0.29, 0.717) is 17.2 Å². The minimum absolute atomic E-state index is 0.104. The predicted molar refractivity (Wildman–Crippen MR) is 92.1 cm³/mol. The topological polar surface area (TPSA) is 67.4 Å². The minimum atomic E-state index is -1.07. The van der Waals surface area contributed by atoms with Gasteiger partial charge in [-0.2, -0.15) is 0 Å². The maximum atomic E-state index is 13.1. The summed E-state index contributed by atoms with van der Waals surface area (Å²) in [4.78, 5) is 24.1. The van der Waals surface area contributed by atoms with E-state index in [2.05, 4.69) is 10.6 Å². The minimum Gasteiger partial charge on any atom is -0.492 e. The smallest absolute Gasteiger partial charge is 0.243 e. The SMILES string of the molecule is O=C(CNC(=O)[C@H]1COc2ccc(Cl)cc2C1)Nc1ccc(F)c(F)c1. The lowest BCUT2D eigenvalue weighted by molar-refractivity contribution is -0.128. The van der Waals surface area contributed by atoms with Crippen molar-refractivity contribution in [2.75, 3.05) is 18.5 Å². The molecular formula is C18H15ClF2N2O3. The van der Waals surface area contributed by atoms with E-state index < -0.39 is 23.5 Å². The number of hydrogen-bond acceptors (Lipinski definition) is 3. The number of nitrogens with one attached hydrogen (secondary N) is 2. The van der Waals surface area contributed by atoms with Crippen molar-refractivity contribution in [1.29, 1.82) is 0 Å². The fraction of sp³-hybridized carbons (Fsp3) is 0.222. The molecule has 136 valence electrons. The van der Waals surface area contributed by atoms with E-state index in [1.54, 1.807) is 18.2 Å². The van der Waals surface area contributed by atoms with Crippen LogP contribution in [0, 0.1) is 17.6 Å². The second-order valence-electron chi connectivity index (χ2n) is 5.86. The Bertz CT molecular complexity index is 860. The number of rotatable bonds is 4. The Kier molecular flexibility index (Phi) is 5.37. The first-order valence-electron chi connectivity index (χ1n) is 7.86. The van der Waals surface area contributed by atoms with Crippen molar-refractivity contribution in [3.05, 3.63) is 58.6 Å². The van der Waals surface area contributed by atoms with E-state index >= 15 is 0 Å². The predicted octanol–water partition coefficient (Wildman–Crippen LogP) is 2.92. The molecule has 2 amide bonds. The quantitative estimate of drug-likeness (QED) is 0.857. The molecule has 1 heterocycles. The van der Waals surface area contributed by atoms with E-state index in [9.17, 15) is 18.4 Å². The first-order valence-corrected chi connectivity index (χ1v) is 8.24. The zero-order valence-electron chi connectivity index (χ0n) is 13.5. The molecule has 0 saturated heterocycles. The van der Waals surface area contributed by atoms with Gasteiger partial charge in [0, 0.05) is 16.8 Å². The van der Waals surface area contributed by atoms with E-state index in [4.69, 9.17) is 16.3 Å². The van der Waals surface area contributed by atoms with Gasteiger partial charge in [-0.3, -0.25) is 9.59 Å². The van der Waals surface area contributed by atoms with Gasteiger partial charge in [0.15, 0.2) is 11.6 Å². The molecule has 2 N–H and O–H groups in total. The van der Waals surface area contributed by atoms with Crippen molar-refractivity contribution in [2.24, 2.45) is 5.92 Å². The summed E-state index contributed by atoms with van der Waals surface area (Å²) >= 11 is 5.95. The van der Waals surface area contributed by atoms with Crippen LogP contribution < -0.4 is 15.4 Å². The number of carbonyl (C=O) groups excluding carboxylic acids is 2. The lowest BCUT2D eigenvalue weighted by Crippen LogP contribution is -2.40. The van der Waals surface area contributed by atoms with Gasteiger partial charge in [0.1, 0.15) is 12.4 Å². The Hall–Kier alpha value is -2.67. The average Bonchev–Trinajstić information content (AvgIpc) is 2.62. The van der Waals surface area contributed by atoms with Gasteiger partial charge in [0.05, 0.1) is 12.5 Å². The molecule has 0 aliphatic carbocycles. The molecule has 2 aromatic carbocycles. The van der Waals surface area contributed by atoms with Crippen LogP contribution in [0.5, 0.6) is 5.75 Å². The Morgan fingerprint density at radius 1 is 1.15 bits per heavy atom. The van der Waals surface area contributed by atoms with E-state index in [1.165, 1.54) is 6.07 Å². The summed E-state index contributed by atoms with van der Waals surface area (Å²) < 4.78 is 31.5. The number of fused-ring (bicyclic) bond motifs is 1. The van der Waals surface area contributed by atoms with Crippen LogP contribution in [0.4, 0.5) is 14.5 Å². The molecule has 8 heteroatoms. The number of hydrogen-bond donors (Lipinski definition) is 2. The average molecular weight is 381 g/mol. The molecule has 0 radical (unpaired) electrons. The van der Waals surface area contributed by atoms with Crippen molar-refractivity contribution in [3.63, 3.8) is 0 Å². The van der Waals surface area contributed by atoms with Gasteiger partial charge in [0.2, 0.25) is 11.8 Å². The standard InChI is InChI=1S/C18H15ClF2N2O3/c19-12-1-4-16-10(6-12)5-11(9-26-16)18(25)22-8-17(24)23-13-2-3-14(20)15(21)7-13/h1-4,6-7,11H,5,8-9H2,(H,22,25)(H,23,24)/t11-/m1/s1. The largest absolute Gasteiger partial charge is 0.492 e. The van der Waals surface area contributed by atoms with Gasteiger partial charge >= 0.3 is 0 Å². The monoisotopic (exact) mass is 380 g/mol. The number of carbonyl (C=O) groups is 2. The first-order chi connectivity index (χ1) is 12.4. The Morgan fingerprint density at radius 2 is 1.96 bits per heavy atom. The molecule has 0 spiro atoms. The van der Waals surface area contributed by atoms with Crippen LogP contribution in [-0.4, -0.2) is 25.0 Å². The Morgan fingerprint density at radius 3 is 2.73 bits per heavy atom. The second-order valence-corrected chi connectivity index (χ2v) is 6.30. The molecule has 2 aromatic rings. The third-order valence-electron chi connectivity index (χ3n) is 3.93. The van der Waals surface area contributed by atoms with Gasteiger partial charge in [0.25, 0.3) is 0 Å². The van der Waals surface area contributed by atoms with Gasteiger partial charge < -0.3 is 15.4 Å². The zero-order chi connectivity index (χ0) is 18.7.